The molecular formula is C16H19BrN4O2. The van der Waals surface area contributed by atoms with E-state index in [4.69, 9.17) is 4.74 Å². The van der Waals surface area contributed by atoms with Crippen molar-refractivity contribution in [1.29, 1.82) is 0 Å². The molecule has 0 radical (unpaired) electrons. The molecule has 23 heavy (non-hydrogen) atoms. The second-order valence-corrected chi connectivity index (χ2v) is 6.40. The molecule has 1 aliphatic rings. The minimum Gasteiger partial charge on any atom is -0.496 e. The minimum absolute atomic E-state index is 0.131. The molecule has 6 nitrogen and oxygen atoms in total. The maximum atomic E-state index is 12.5. The second-order valence-electron chi connectivity index (χ2n) is 5.55. The van der Waals surface area contributed by atoms with E-state index in [9.17, 15) is 4.79 Å². The molecule has 0 fully saturated rings. The van der Waals surface area contributed by atoms with Gasteiger partial charge in [-0.05, 0) is 40.5 Å². The summed E-state index contributed by atoms with van der Waals surface area (Å²) in [4.78, 5) is 12.5. The number of amides is 1. The summed E-state index contributed by atoms with van der Waals surface area (Å²) in [5.74, 6) is 0.602. The van der Waals surface area contributed by atoms with Crippen LogP contribution in [0.15, 0.2) is 22.7 Å². The number of aromatic amines is 1. The summed E-state index contributed by atoms with van der Waals surface area (Å²) in [5.41, 5.74) is 3.49. The van der Waals surface area contributed by atoms with Gasteiger partial charge < -0.3 is 15.4 Å². The van der Waals surface area contributed by atoms with Gasteiger partial charge >= 0.3 is 0 Å². The van der Waals surface area contributed by atoms with E-state index in [-0.39, 0.29) is 11.9 Å². The lowest BCUT2D eigenvalue weighted by Gasteiger charge is -2.16. The van der Waals surface area contributed by atoms with Crippen molar-refractivity contribution < 1.29 is 9.53 Å². The Morgan fingerprint density at radius 1 is 1.48 bits per heavy atom. The van der Waals surface area contributed by atoms with Crippen LogP contribution in [0.3, 0.4) is 0 Å². The fourth-order valence-corrected chi connectivity index (χ4v) is 3.27. The van der Waals surface area contributed by atoms with Gasteiger partial charge in [-0.3, -0.25) is 9.89 Å². The summed E-state index contributed by atoms with van der Waals surface area (Å²) in [7, 11) is 1.62. The molecule has 0 saturated heterocycles. The highest BCUT2D eigenvalue weighted by Crippen LogP contribution is 2.28. The smallest absolute Gasteiger partial charge is 0.272 e. The number of H-pyrrole nitrogens is 1. The van der Waals surface area contributed by atoms with E-state index in [0.717, 1.165) is 40.0 Å². The fourth-order valence-electron chi connectivity index (χ4n) is 2.71. The molecule has 3 rings (SSSR count). The summed E-state index contributed by atoms with van der Waals surface area (Å²) >= 11 is 3.47. The number of hydrogen-bond donors (Lipinski definition) is 3. The van der Waals surface area contributed by atoms with Crippen LogP contribution in [0.2, 0.25) is 0 Å². The molecule has 2 heterocycles. The zero-order valence-electron chi connectivity index (χ0n) is 13.1. The third-order valence-electron chi connectivity index (χ3n) is 4.04. The highest BCUT2D eigenvalue weighted by atomic mass is 79.9. The Morgan fingerprint density at radius 2 is 2.30 bits per heavy atom. The summed E-state index contributed by atoms with van der Waals surface area (Å²) in [6, 6.07) is 5.64. The second kappa shape index (κ2) is 6.72. The first-order chi connectivity index (χ1) is 11.1. The number of nitrogens with zero attached hydrogens (tertiary/aromatic N) is 1. The molecule has 0 bridgehead atoms. The molecule has 2 aromatic rings. The number of carbonyl (C=O) groups is 1. The number of fused-ring (bicyclic) bond motifs is 1. The van der Waals surface area contributed by atoms with Gasteiger partial charge in [0.05, 0.1) is 17.6 Å². The van der Waals surface area contributed by atoms with Crippen LogP contribution < -0.4 is 15.4 Å². The molecule has 0 saturated carbocycles. The molecule has 122 valence electrons. The molecule has 1 aliphatic heterocycles. The highest BCUT2D eigenvalue weighted by Gasteiger charge is 2.22. The van der Waals surface area contributed by atoms with Crippen molar-refractivity contribution in [3.8, 4) is 5.75 Å². The predicted molar refractivity (Wildman–Crippen MR) is 90.6 cm³/mol. The molecule has 1 aromatic heterocycles. The van der Waals surface area contributed by atoms with Gasteiger partial charge in [-0.2, -0.15) is 5.10 Å². The summed E-state index contributed by atoms with van der Waals surface area (Å²) in [6.07, 6.45) is 0.872. The van der Waals surface area contributed by atoms with E-state index >= 15 is 0 Å². The molecule has 1 aromatic carbocycles. The van der Waals surface area contributed by atoms with E-state index in [1.807, 2.05) is 25.1 Å². The molecule has 0 aliphatic carbocycles. The molecule has 7 heteroatoms. The lowest BCUT2D eigenvalue weighted by molar-refractivity contribution is 0.0933. The Hall–Kier alpha value is -1.86. The average molecular weight is 379 g/mol. The Labute approximate surface area is 143 Å². The number of methoxy groups -OCH3 is 1. The van der Waals surface area contributed by atoms with Gasteiger partial charge in [0.25, 0.3) is 5.91 Å². The van der Waals surface area contributed by atoms with E-state index in [0.29, 0.717) is 12.2 Å². The minimum atomic E-state index is -0.161. The first kappa shape index (κ1) is 16.0. The standard InChI is InChI=1S/C16H19BrN4O2/c1-9(10-3-4-14(23-2)12(17)7-10)19-16(22)15-11-8-18-6-5-13(11)20-21-15/h3-4,7,9,18H,5-6,8H2,1-2H3,(H,19,22)(H,20,21). The number of carbonyl (C=O) groups excluding carboxylic acids is 1. The van der Waals surface area contributed by atoms with Gasteiger partial charge in [0.2, 0.25) is 0 Å². The molecular weight excluding hydrogens is 360 g/mol. The Morgan fingerprint density at radius 3 is 3.04 bits per heavy atom. The third-order valence-corrected chi connectivity index (χ3v) is 4.66. The zero-order valence-corrected chi connectivity index (χ0v) is 14.7. The largest absolute Gasteiger partial charge is 0.496 e. The van der Waals surface area contributed by atoms with Crippen molar-refractivity contribution in [2.45, 2.75) is 25.9 Å². The first-order valence-electron chi connectivity index (χ1n) is 7.51. The van der Waals surface area contributed by atoms with E-state index in [1.165, 1.54) is 0 Å². The van der Waals surface area contributed by atoms with Crippen molar-refractivity contribution in [1.82, 2.24) is 20.8 Å². The van der Waals surface area contributed by atoms with Crippen LogP contribution in [0.5, 0.6) is 5.75 Å². The maximum absolute atomic E-state index is 12.5. The number of nitrogens with one attached hydrogen (secondary N) is 3. The third kappa shape index (κ3) is 3.25. The normalized spacial score (nSPS) is 14.9. The fraction of sp³-hybridized carbons (Fsp3) is 0.375. The van der Waals surface area contributed by atoms with Gasteiger partial charge in [-0.15, -0.1) is 0 Å². The average Bonchev–Trinajstić information content (AvgIpc) is 2.98. The van der Waals surface area contributed by atoms with Crippen LogP contribution in [-0.4, -0.2) is 29.8 Å². The predicted octanol–water partition coefficient (Wildman–Crippen LogP) is 2.32. The van der Waals surface area contributed by atoms with Crippen LogP contribution in [0.4, 0.5) is 0 Å². The molecule has 0 spiro atoms. The number of ether oxygens (including phenoxy) is 1. The molecule has 1 unspecified atom stereocenters. The SMILES string of the molecule is COc1ccc(C(C)NC(=O)c2n[nH]c3c2CNCC3)cc1Br. The van der Waals surface area contributed by atoms with E-state index < -0.39 is 0 Å². The van der Waals surface area contributed by atoms with Crippen molar-refractivity contribution in [3.05, 3.63) is 45.2 Å². The van der Waals surface area contributed by atoms with Crippen LogP contribution in [-0.2, 0) is 13.0 Å². The van der Waals surface area contributed by atoms with Crippen LogP contribution in [0, 0.1) is 0 Å². The maximum Gasteiger partial charge on any atom is 0.272 e. The summed E-state index contributed by atoms with van der Waals surface area (Å²) in [5, 5.41) is 13.4. The quantitative estimate of drug-likeness (QED) is 0.762. The summed E-state index contributed by atoms with van der Waals surface area (Å²) in [6.45, 7) is 3.53. The van der Waals surface area contributed by atoms with Gasteiger partial charge in [0.15, 0.2) is 5.69 Å². The monoisotopic (exact) mass is 378 g/mol. The van der Waals surface area contributed by atoms with Crippen molar-refractivity contribution >= 4 is 21.8 Å². The van der Waals surface area contributed by atoms with Gasteiger partial charge in [0, 0.05) is 30.8 Å². The van der Waals surface area contributed by atoms with Crippen LogP contribution in [0.1, 0.15) is 40.3 Å². The van der Waals surface area contributed by atoms with Crippen LogP contribution in [0.25, 0.3) is 0 Å². The Kier molecular flexibility index (Phi) is 4.68. The number of halogens is 1. The van der Waals surface area contributed by atoms with Crippen molar-refractivity contribution in [2.24, 2.45) is 0 Å². The Bertz CT molecular complexity index is 729. The summed E-state index contributed by atoms with van der Waals surface area (Å²) < 4.78 is 6.09. The van der Waals surface area contributed by atoms with Crippen molar-refractivity contribution in [3.63, 3.8) is 0 Å². The van der Waals surface area contributed by atoms with E-state index in [1.54, 1.807) is 7.11 Å². The molecule has 1 atom stereocenters. The zero-order chi connectivity index (χ0) is 16.4. The number of aromatic nitrogens is 2. The lowest BCUT2D eigenvalue weighted by Crippen LogP contribution is -2.30. The van der Waals surface area contributed by atoms with E-state index in [2.05, 4.69) is 36.8 Å². The molecule has 1 amide bonds. The number of rotatable bonds is 4. The van der Waals surface area contributed by atoms with Crippen molar-refractivity contribution in [2.75, 3.05) is 13.7 Å². The van der Waals surface area contributed by atoms with Gasteiger partial charge in [0.1, 0.15) is 5.75 Å². The molecule has 3 N–H and O–H groups in total. The number of benzene rings is 1. The number of hydrogen-bond acceptors (Lipinski definition) is 4. The topological polar surface area (TPSA) is 79.0 Å². The first-order valence-corrected chi connectivity index (χ1v) is 8.30. The Balaban J connectivity index is 1.75. The van der Waals surface area contributed by atoms with Gasteiger partial charge in [-0.1, -0.05) is 6.07 Å². The lowest BCUT2D eigenvalue weighted by atomic mass is 10.1. The van der Waals surface area contributed by atoms with Gasteiger partial charge in [-0.25, -0.2) is 0 Å². The highest BCUT2D eigenvalue weighted by molar-refractivity contribution is 9.10. The van der Waals surface area contributed by atoms with Crippen LogP contribution >= 0.6 is 15.9 Å².